The van der Waals surface area contributed by atoms with Gasteiger partial charge in [0, 0.05) is 37.5 Å². The molecule has 1 saturated heterocycles. The minimum absolute atomic E-state index is 0.0529. The summed E-state index contributed by atoms with van der Waals surface area (Å²) in [5, 5.41) is 2.96. The Morgan fingerprint density at radius 1 is 1.29 bits per heavy atom. The van der Waals surface area contributed by atoms with E-state index in [2.05, 4.69) is 10.3 Å². The number of pyridine rings is 1. The van der Waals surface area contributed by atoms with Crippen molar-refractivity contribution < 1.29 is 14.3 Å². The Hall–Kier alpha value is -1.82. The number of anilines is 1. The fraction of sp³-hybridized carbons (Fsp3) is 0.667. The Kier molecular flexibility index (Phi) is 5.91. The van der Waals surface area contributed by atoms with Crippen LogP contribution in [0.2, 0.25) is 0 Å². The van der Waals surface area contributed by atoms with Gasteiger partial charge in [-0.1, -0.05) is 25.7 Å². The van der Waals surface area contributed by atoms with Crippen molar-refractivity contribution in [2.45, 2.75) is 57.1 Å². The molecule has 2 heterocycles. The van der Waals surface area contributed by atoms with Gasteiger partial charge in [0.15, 0.2) is 0 Å². The van der Waals surface area contributed by atoms with Crippen LogP contribution in [0.4, 0.5) is 10.5 Å². The van der Waals surface area contributed by atoms with Gasteiger partial charge < -0.3 is 19.7 Å². The number of aromatic nitrogens is 1. The van der Waals surface area contributed by atoms with Crippen LogP contribution in [0, 0.1) is 0 Å². The van der Waals surface area contributed by atoms with Crippen molar-refractivity contribution in [1.82, 2.24) is 9.88 Å². The second kappa shape index (κ2) is 8.33. The second-order valence-corrected chi connectivity index (χ2v) is 6.67. The molecule has 1 saturated carbocycles. The first-order valence-corrected chi connectivity index (χ1v) is 8.96. The molecular weight excluding hydrogens is 306 g/mol. The van der Waals surface area contributed by atoms with Crippen LogP contribution in [0.3, 0.4) is 0 Å². The number of nitrogens with one attached hydrogen (secondary N) is 1. The number of carbonyl (C=O) groups is 1. The standard InChI is InChI=1S/C18H27N3O3/c1-21(15-6-4-2-3-5-7-15)18(22)20-14-8-10-19-17(12-14)24-16-9-11-23-13-16/h8,10,12,15-16H,2-7,9,11,13H2,1H3,(H,19,20,22)/t16-/m0/s1. The first-order valence-electron chi connectivity index (χ1n) is 8.96. The molecule has 24 heavy (non-hydrogen) atoms. The van der Waals surface area contributed by atoms with Gasteiger partial charge in [-0.05, 0) is 18.9 Å². The molecule has 6 heteroatoms. The monoisotopic (exact) mass is 333 g/mol. The van der Waals surface area contributed by atoms with E-state index < -0.39 is 0 Å². The molecule has 0 aromatic carbocycles. The van der Waals surface area contributed by atoms with Gasteiger partial charge in [0.1, 0.15) is 6.10 Å². The predicted molar refractivity (Wildman–Crippen MR) is 92.4 cm³/mol. The molecule has 1 N–H and O–H groups in total. The summed E-state index contributed by atoms with van der Waals surface area (Å²) >= 11 is 0. The highest BCUT2D eigenvalue weighted by atomic mass is 16.5. The number of carbonyl (C=O) groups excluding carboxylic acids is 1. The molecule has 1 aliphatic carbocycles. The zero-order valence-corrected chi connectivity index (χ0v) is 14.4. The van der Waals surface area contributed by atoms with Crippen molar-refractivity contribution in [2.75, 3.05) is 25.6 Å². The third kappa shape index (κ3) is 4.60. The fourth-order valence-electron chi connectivity index (χ4n) is 3.35. The Labute approximate surface area is 143 Å². The third-order valence-electron chi connectivity index (χ3n) is 4.85. The van der Waals surface area contributed by atoms with Crippen LogP contribution < -0.4 is 10.1 Å². The maximum atomic E-state index is 12.5. The van der Waals surface area contributed by atoms with Crippen molar-refractivity contribution in [1.29, 1.82) is 0 Å². The summed E-state index contributed by atoms with van der Waals surface area (Å²) in [7, 11) is 1.89. The van der Waals surface area contributed by atoms with Gasteiger partial charge in [-0.2, -0.15) is 0 Å². The van der Waals surface area contributed by atoms with Gasteiger partial charge in [-0.25, -0.2) is 9.78 Å². The summed E-state index contributed by atoms with van der Waals surface area (Å²) in [6.07, 6.45) is 9.75. The third-order valence-corrected chi connectivity index (χ3v) is 4.85. The molecule has 0 radical (unpaired) electrons. The average Bonchev–Trinajstić information content (AvgIpc) is 2.94. The van der Waals surface area contributed by atoms with Crippen LogP contribution >= 0.6 is 0 Å². The van der Waals surface area contributed by atoms with Crippen LogP contribution in [0.5, 0.6) is 5.88 Å². The highest BCUT2D eigenvalue weighted by Gasteiger charge is 2.22. The van der Waals surface area contributed by atoms with Gasteiger partial charge >= 0.3 is 6.03 Å². The molecule has 132 valence electrons. The van der Waals surface area contributed by atoms with E-state index in [4.69, 9.17) is 9.47 Å². The van der Waals surface area contributed by atoms with Crippen LogP contribution in [-0.4, -0.2) is 48.3 Å². The normalized spacial score (nSPS) is 22.0. The number of ether oxygens (including phenoxy) is 2. The molecular formula is C18H27N3O3. The summed E-state index contributed by atoms with van der Waals surface area (Å²) in [4.78, 5) is 18.6. The van der Waals surface area contributed by atoms with Crippen molar-refractivity contribution in [3.63, 3.8) is 0 Å². The molecule has 0 unspecified atom stereocenters. The minimum Gasteiger partial charge on any atom is -0.472 e. The average molecular weight is 333 g/mol. The number of rotatable bonds is 4. The van der Waals surface area contributed by atoms with E-state index in [9.17, 15) is 4.79 Å². The molecule has 3 rings (SSSR count). The van der Waals surface area contributed by atoms with E-state index in [1.165, 1.54) is 25.7 Å². The SMILES string of the molecule is CN(C(=O)Nc1ccnc(O[C@H]2CCOC2)c1)C1CCCCCC1. The minimum atomic E-state index is -0.0664. The van der Waals surface area contributed by atoms with E-state index in [0.717, 1.165) is 25.9 Å². The first kappa shape index (κ1) is 17.0. The van der Waals surface area contributed by atoms with E-state index in [1.807, 2.05) is 11.9 Å². The summed E-state index contributed by atoms with van der Waals surface area (Å²) in [5.41, 5.74) is 0.712. The summed E-state index contributed by atoms with van der Waals surface area (Å²) < 4.78 is 11.1. The topological polar surface area (TPSA) is 63.7 Å². The lowest BCUT2D eigenvalue weighted by Gasteiger charge is -2.27. The van der Waals surface area contributed by atoms with Gasteiger partial charge in [0.25, 0.3) is 0 Å². The van der Waals surface area contributed by atoms with Crippen LogP contribution in [0.25, 0.3) is 0 Å². The van der Waals surface area contributed by atoms with Crippen LogP contribution in [-0.2, 0) is 4.74 Å². The second-order valence-electron chi connectivity index (χ2n) is 6.67. The summed E-state index contributed by atoms with van der Waals surface area (Å²) in [6.45, 7) is 1.33. The van der Waals surface area contributed by atoms with Crippen molar-refractivity contribution >= 4 is 11.7 Å². The van der Waals surface area contributed by atoms with Crippen molar-refractivity contribution in [3.8, 4) is 5.88 Å². The molecule has 2 aliphatic rings. The van der Waals surface area contributed by atoms with E-state index >= 15 is 0 Å². The number of hydrogen-bond acceptors (Lipinski definition) is 4. The Morgan fingerprint density at radius 2 is 2.08 bits per heavy atom. The van der Waals surface area contributed by atoms with Crippen LogP contribution in [0.1, 0.15) is 44.9 Å². The molecule has 1 atom stereocenters. The molecule has 1 aromatic heterocycles. The number of urea groups is 1. The fourth-order valence-corrected chi connectivity index (χ4v) is 3.35. The van der Waals surface area contributed by atoms with Crippen molar-refractivity contribution in [3.05, 3.63) is 18.3 Å². The Balaban J connectivity index is 1.56. The molecule has 6 nitrogen and oxygen atoms in total. The maximum Gasteiger partial charge on any atom is 0.321 e. The molecule has 1 aromatic rings. The molecule has 1 aliphatic heterocycles. The quantitative estimate of drug-likeness (QED) is 0.857. The smallest absolute Gasteiger partial charge is 0.321 e. The zero-order valence-electron chi connectivity index (χ0n) is 14.4. The van der Waals surface area contributed by atoms with E-state index in [1.54, 1.807) is 18.3 Å². The molecule has 2 fully saturated rings. The van der Waals surface area contributed by atoms with Gasteiger partial charge in [-0.3, -0.25) is 0 Å². The largest absolute Gasteiger partial charge is 0.472 e. The maximum absolute atomic E-state index is 12.5. The van der Waals surface area contributed by atoms with Gasteiger partial charge in [0.2, 0.25) is 5.88 Å². The van der Waals surface area contributed by atoms with E-state index in [-0.39, 0.29) is 12.1 Å². The highest BCUT2D eigenvalue weighted by molar-refractivity contribution is 5.89. The summed E-state index contributed by atoms with van der Waals surface area (Å²) in [5.74, 6) is 0.528. The molecule has 0 bridgehead atoms. The molecule has 0 spiro atoms. The number of nitrogens with zero attached hydrogens (tertiary/aromatic N) is 2. The zero-order chi connectivity index (χ0) is 16.8. The predicted octanol–water partition coefficient (Wildman–Crippen LogP) is 3.44. The number of amides is 2. The van der Waals surface area contributed by atoms with Gasteiger partial charge in [0.05, 0.1) is 13.2 Å². The van der Waals surface area contributed by atoms with Crippen LogP contribution in [0.15, 0.2) is 18.3 Å². The van der Waals surface area contributed by atoms with Gasteiger partial charge in [-0.15, -0.1) is 0 Å². The molecule has 2 amide bonds. The highest BCUT2D eigenvalue weighted by Crippen LogP contribution is 2.22. The lowest BCUT2D eigenvalue weighted by Crippen LogP contribution is -2.39. The lowest BCUT2D eigenvalue weighted by atomic mass is 10.1. The first-order chi connectivity index (χ1) is 11.7. The van der Waals surface area contributed by atoms with E-state index in [0.29, 0.717) is 24.2 Å². The Bertz CT molecular complexity index is 538. The Morgan fingerprint density at radius 3 is 2.79 bits per heavy atom. The summed E-state index contributed by atoms with van der Waals surface area (Å²) in [6, 6.07) is 3.83. The number of hydrogen-bond donors (Lipinski definition) is 1. The lowest BCUT2D eigenvalue weighted by molar-refractivity contribution is 0.138. The van der Waals surface area contributed by atoms with Crippen molar-refractivity contribution in [2.24, 2.45) is 0 Å².